The number of alkyl halides is 1. The molecule has 0 saturated carbocycles. The van der Waals surface area contributed by atoms with Crippen LogP contribution in [0.15, 0.2) is 0 Å². The third kappa shape index (κ3) is 4.68. The first-order valence-corrected chi connectivity index (χ1v) is 7.35. The van der Waals surface area contributed by atoms with E-state index in [9.17, 15) is 8.42 Å². The molecule has 1 saturated heterocycles. The molecule has 0 aliphatic carbocycles. The lowest BCUT2D eigenvalue weighted by Crippen LogP contribution is -2.32. The summed E-state index contributed by atoms with van der Waals surface area (Å²) in [6.07, 6.45) is 1.22. The molecule has 0 radical (unpaired) electrons. The Labute approximate surface area is 95.8 Å². The van der Waals surface area contributed by atoms with Crippen molar-refractivity contribution in [1.29, 1.82) is 0 Å². The smallest absolute Gasteiger partial charge is 0.155 e. The fraction of sp³-hybridized carbons (Fsp3) is 1.00. The molecule has 0 aromatic heterocycles. The van der Waals surface area contributed by atoms with Crippen molar-refractivity contribution in [3.05, 3.63) is 0 Å². The number of sulfone groups is 1. The number of hydrogen-bond acceptors (Lipinski definition) is 4. The van der Waals surface area contributed by atoms with Gasteiger partial charge in [0.25, 0.3) is 0 Å². The second-order valence-electron chi connectivity index (χ2n) is 3.48. The molecule has 1 aliphatic rings. The van der Waals surface area contributed by atoms with Gasteiger partial charge in [0.1, 0.15) is 0 Å². The third-order valence-corrected chi connectivity index (χ3v) is 4.79. The predicted octanol–water partition coefficient (Wildman–Crippen LogP) is 0.836. The minimum atomic E-state index is -3.01. The number of rotatable bonds is 6. The van der Waals surface area contributed by atoms with Crippen LogP contribution in [-0.4, -0.2) is 51.7 Å². The molecule has 0 unspecified atom stereocenters. The van der Waals surface area contributed by atoms with Gasteiger partial charge in [0.15, 0.2) is 9.84 Å². The van der Waals surface area contributed by atoms with Crippen molar-refractivity contribution < 1.29 is 17.9 Å². The minimum absolute atomic E-state index is 0.0918. The molecular weight excluding hydrogens is 240 g/mol. The van der Waals surface area contributed by atoms with Gasteiger partial charge in [0.05, 0.1) is 24.2 Å². The van der Waals surface area contributed by atoms with E-state index in [0.29, 0.717) is 38.5 Å². The number of hydrogen-bond donors (Lipinski definition) is 0. The maximum absolute atomic E-state index is 11.8. The summed E-state index contributed by atoms with van der Waals surface area (Å²) in [6.45, 7) is 1.75. The van der Waals surface area contributed by atoms with Crippen molar-refractivity contribution in [2.75, 3.05) is 38.1 Å². The molecule has 15 heavy (non-hydrogen) atoms. The van der Waals surface area contributed by atoms with Crippen molar-refractivity contribution in [1.82, 2.24) is 0 Å². The molecule has 0 N–H and O–H groups in total. The van der Waals surface area contributed by atoms with Crippen LogP contribution >= 0.6 is 11.6 Å². The van der Waals surface area contributed by atoms with Crippen LogP contribution in [0.1, 0.15) is 12.8 Å². The van der Waals surface area contributed by atoms with E-state index in [2.05, 4.69) is 0 Å². The van der Waals surface area contributed by atoms with E-state index in [4.69, 9.17) is 21.1 Å². The average Bonchev–Trinajstić information content (AvgIpc) is 2.26. The van der Waals surface area contributed by atoms with Gasteiger partial charge in [-0.25, -0.2) is 8.42 Å². The van der Waals surface area contributed by atoms with Crippen molar-refractivity contribution in [2.24, 2.45) is 0 Å². The van der Waals surface area contributed by atoms with Crippen molar-refractivity contribution in [2.45, 2.75) is 18.1 Å². The van der Waals surface area contributed by atoms with Gasteiger partial charge in [0, 0.05) is 19.1 Å². The quantitative estimate of drug-likeness (QED) is 0.522. The summed E-state index contributed by atoms with van der Waals surface area (Å²) < 4.78 is 33.8. The third-order valence-electron chi connectivity index (χ3n) is 2.41. The number of ether oxygens (including phenoxy) is 2. The van der Waals surface area contributed by atoms with E-state index in [0.717, 1.165) is 0 Å². The van der Waals surface area contributed by atoms with E-state index in [-0.39, 0.29) is 17.6 Å². The summed E-state index contributed by atoms with van der Waals surface area (Å²) >= 11 is 5.41. The van der Waals surface area contributed by atoms with Gasteiger partial charge in [-0.05, 0) is 12.8 Å². The SMILES string of the molecule is O=S(=O)(CCOCCCl)C1CCOCC1. The Balaban J connectivity index is 2.30. The summed E-state index contributed by atoms with van der Waals surface area (Å²) in [5, 5.41) is -0.245. The molecule has 6 heteroatoms. The van der Waals surface area contributed by atoms with Gasteiger partial charge >= 0.3 is 0 Å². The lowest BCUT2D eigenvalue weighted by molar-refractivity contribution is 0.0980. The molecule has 4 nitrogen and oxygen atoms in total. The van der Waals surface area contributed by atoms with Crippen molar-refractivity contribution >= 4 is 21.4 Å². The van der Waals surface area contributed by atoms with E-state index in [1.54, 1.807) is 0 Å². The first-order chi connectivity index (χ1) is 7.17. The highest BCUT2D eigenvalue weighted by Crippen LogP contribution is 2.16. The van der Waals surface area contributed by atoms with E-state index in [1.165, 1.54) is 0 Å². The Morgan fingerprint density at radius 2 is 1.93 bits per heavy atom. The van der Waals surface area contributed by atoms with Crippen molar-refractivity contribution in [3.8, 4) is 0 Å². The summed E-state index contributed by atoms with van der Waals surface area (Å²) in [5.41, 5.74) is 0. The highest BCUT2D eigenvalue weighted by atomic mass is 35.5. The fourth-order valence-electron chi connectivity index (χ4n) is 1.53. The molecule has 0 bridgehead atoms. The van der Waals surface area contributed by atoms with Gasteiger partial charge in [-0.1, -0.05) is 0 Å². The molecule has 0 aromatic carbocycles. The molecule has 0 atom stereocenters. The molecule has 90 valence electrons. The normalized spacial score (nSPS) is 19.3. The monoisotopic (exact) mass is 256 g/mol. The Morgan fingerprint density at radius 1 is 1.27 bits per heavy atom. The zero-order valence-corrected chi connectivity index (χ0v) is 10.2. The maximum Gasteiger partial charge on any atom is 0.155 e. The zero-order chi connectivity index (χ0) is 11.1. The van der Waals surface area contributed by atoms with Crippen LogP contribution in [0.4, 0.5) is 0 Å². The van der Waals surface area contributed by atoms with Crippen LogP contribution < -0.4 is 0 Å². The molecule has 1 aliphatic heterocycles. The molecule has 0 amide bonds. The van der Waals surface area contributed by atoms with Crippen LogP contribution in [0, 0.1) is 0 Å². The molecule has 0 spiro atoms. The Morgan fingerprint density at radius 3 is 2.53 bits per heavy atom. The Kier molecular flexibility index (Phi) is 5.89. The van der Waals surface area contributed by atoms with Gasteiger partial charge in [-0.3, -0.25) is 0 Å². The molecule has 1 fully saturated rings. The van der Waals surface area contributed by atoms with Gasteiger partial charge in [0.2, 0.25) is 0 Å². The van der Waals surface area contributed by atoms with Crippen LogP contribution in [-0.2, 0) is 19.3 Å². The Bertz CT molecular complexity index is 259. The van der Waals surface area contributed by atoms with E-state index in [1.807, 2.05) is 0 Å². The highest BCUT2D eigenvalue weighted by Gasteiger charge is 2.27. The van der Waals surface area contributed by atoms with Gasteiger partial charge in [-0.15, -0.1) is 11.6 Å². The largest absolute Gasteiger partial charge is 0.381 e. The minimum Gasteiger partial charge on any atom is -0.381 e. The number of halogens is 1. The van der Waals surface area contributed by atoms with Crippen molar-refractivity contribution in [3.63, 3.8) is 0 Å². The first-order valence-electron chi connectivity index (χ1n) is 5.10. The molecule has 0 aromatic rings. The highest BCUT2D eigenvalue weighted by molar-refractivity contribution is 7.92. The first kappa shape index (κ1) is 13.2. The summed E-state index contributed by atoms with van der Waals surface area (Å²) in [4.78, 5) is 0. The summed E-state index contributed by atoms with van der Waals surface area (Å²) in [6, 6.07) is 0. The van der Waals surface area contributed by atoms with E-state index >= 15 is 0 Å². The second-order valence-corrected chi connectivity index (χ2v) is 6.26. The van der Waals surface area contributed by atoms with Gasteiger partial charge < -0.3 is 9.47 Å². The van der Waals surface area contributed by atoms with Gasteiger partial charge in [-0.2, -0.15) is 0 Å². The average molecular weight is 257 g/mol. The molecule has 1 rings (SSSR count). The van der Waals surface area contributed by atoms with Crippen LogP contribution in [0.5, 0.6) is 0 Å². The van der Waals surface area contributed by atoms with Crippen LogP contribution in [0.2, 0.25) is 0 Å². The fourth-order valence-corrected chi connectivity index (χ4v) is 3.24. The summed E-state index contributed by atoms with van der Waals surface area (Å²) in [5.74, 6) is 0.492. The Hall–Kier alpha value is 0.160. The summed E-state index contributed by atoms with van der Waals surface area (Å²) in [7, 11) is -3.01. The zero-order valence-electron chi connectivity index (χ0n) is 8.65. The second kappa shape index (κ2) is 6.68. The molecular formula is C9H17ClO4S. The lowest BCUT2D eigenvalue weighted by Gasteiger charge is -2.21. The molecule has 1 heterocycles. The maximum atomic E-state index is 11.8. The van der Waals surface area contributed by atoms with Crippen LogP contribution in [0.25, 0.3) is 0 Å². The van der Waals surface area contributed by atoms with E-state index < -0.39 is 9.84 Å². The predicted molar refractivity (Wildman–Crippen MR) is 59.2 cm³/mol. The topological polar surface area (TPSA) is 52.6 Å². The van der Waals surface area contributed by atoms with Crippen LogP contribution in [0.3, 0.4) is 0 Å². The standard InChI is InChI=1S/C9H17ClO4S/c10-3-6-14-7-8-15(11,12)9-1-4-13-5-2-9/h9H,1-8H2. The lowest BCUT2D eigenvalue weighted by atomic mass is 10.2.